The van der Waals surface area contributed by atoms with E-state index in [1.165, 1.54) is 0 Å². The van der Waals surface area contributed by atoms with Gasteiger partial charge in [-0.15, -0.1) is 0 Å². The largest absolute Gasteiger partial charge is 0.337 e. The highest BCUT2D eigenvalue weighted by Gasteiger charge is 2.13. The molecule has 1 aromatic heterocycles. The van der Waals surface area contributed by atoms with E-state index in [9.17, 15) is 8.42 Å². The van der Waals surface area contributed by atoms with Gasteiger partial charge in [-0.25, -0.2) is 13.4 Å². The van der Waals surface area contributed by atoms with Crippen molar-refractivity contribution in [3.8, 4) is 0 Å². The Morgan fingerprint density at radius 2 is 2.17 bits per heavy atom. The molecular formula is C13H16N2O2S. The Bertz CT molecular complexity index is 604. The fourth-order valence-electron chi connectivity index (χ4n) is 1.78. The fraction of sp³-hybridized carbons (Fsp3) is 0.308. The molecule has 1 heterocycles. The van der Waals surface area contributed by atoms with Gasteiger partial charge in [-0.3, -0.25) is 0 Å². The minimum atomic E-state index is -3.17. The molecule has 0 aliphatic carbocycles. The first-order chi connectivity index (χ1) is 8.58. The van der Waals surface area contributed by atoms with E-state index in [0.29, 0.717) is 17.9 Å². The van der Waals surface area contributed by atoms with E-state index in [4.69, 9.17) is 0 Å². The molecule has 0 aliphatic rings. The zero-order chi connectivity index (χ0) is 13.0. The Morgan fingerprint density at radius 1 is 1.33 bits per heavy atom. The molecule has 1 aromatic carbocycles. The van der Waals surface area contributed by atoms with Crippen LogP contribution in [0.5, 0.6) is 0 Å². The van der Waals surface area contributed by atoms with Crippen LogP contribution < -0.4 is 0 Å². The van der Waals surface area contributed by atoms with Crippen LogP contribution in [-0.2, 0) is 16.4 Å². The average Bonchev–Trinajstić information content (AvgIpc) is 2.82. The zero-order valence-corrected chi connectivity index (χ0v) is 11.1. The van der Waals surface area contributed by atoms with Crippen LogP contribution in [0.2, 0.25) is 0 Å². The number of sulfone groups is 1. The maximum Gasteiger partial charge on any atom is 0.178 e. The van der Waals surface area contributed by atoms with Crippen molar-refractivity contribution in [1.82, 2.24) is 9.55 Å². The van der Waals surface area contributed by atoms with Gasteiger partial charge in [0.05, 0.1) is 17.0 Å². The summed E-state index contributed by atoms with van der Waals surface area (Å²) in [5.74, 6) is 0.161. The lowest BCUT2D eigenvalue weighted by Crippen LogP contribution is -2.09. The van der Waals surface area contributed by atoms with Gasteiger partial charge < -0.3 is 4.57 Å². The van der Waals surface area contributed by atoms with E-state index in [1.54, 1.807) is 30.7 Å². The van der Waals surface area contributed by atoms with Crippen LogP contribution in [0.25, 0.3) is 0 Å². The summed E-state index contributed by atoms with van der Waals surface area (Å²) in [6, 6.07) is 7.04. The first kappa shape index (κ1) is 12.8. The van der Waals surface area contributed by atoms with Gasteiger partial charge in [0.2, 0.25) is 0 Å². The molecule has 0 amide bonds. The summed E-state index contributed by atoms with van der Waals surface area (Å²) in [6.45, 7) is 2.57. The lowest BCUT2D eigenvalue weighted by Gasteiger charge is -2.05. The highest BCUT2D eigenvalue weighted by atomic mass is 32.2. The van der Waals surface area contributed by atoms with E-state index in [0.717, 1.165) is 5.56 Å². The van der Waals surface area contributed by atoms with E-state index in [2.05, 4.69) is 4.98 Å². The third-order valence-corrected chi connectivity index (χ3v) is 4.54. The Morgan fingerprint density at radius 3 is 2.83 bits per heavy atom. The topological polar surface area (TPSA) is 52.0 Å². The first-order valence-electron chi connectivity index (χ1n) is 5.83. The zero-order valence-electron chi connectivity index (χ0n) is 10.3. The van der Waals surface area contributed by atoms with Gasteiger partial charge in [-0.05, 0) is 31.0 Å². The van der Waals surface area contributed by atoms with E-state index in [1.807, 2.05) is 23.8 Å². The van der Waals surface area contributed by atoms with Gasteiger partial charge in [0.25, 0.3) is 0 Å². The lowest BCUT2D eigenvalue weighted by molar-refractivity contribution is 0.586. The molecule has 0 bridgehead atoms. The summed E-state index contributed by atoms with van der Waals surface area (Å²) in [4.78, 5) is 4.33. The first-order valence-corrected chi connectivity index (χ1v) is 7.48. The van der Waals surface area contributed by atoms with Crippen molar-refractivity contribution in [1.29, 1.82) is 0 Å². The number of nitrogens with zero attached hydrogens (tertiary/aromatic N) is 2. The van der Waals surface area contributed by atoms with Crippen LogP contribution >= 0.6 is 0 Å². The summed E-state index contributed by atoms with van der Waals surface area (Å²) in [5, 5.41) is 0. The SMILES string of the molecule is Cc1cccc(S(=O)(=O)CCCn2ccnc2)c1. The monoisotopic (exact) mass is 264 g/mol. The smallest absolute Gasteiger partial charge is 0.178 e. The van der Waals surface area contributed by atoms with Crippen molar-refractivity contribution in [3.05, 3.63) is 48.5 Å². The molecule has 96 valence electrons. The average molecular weight is 264 g/mol. The number of rotatable bonds is 5. The predicted molar refractivity (Wildman–Crippen MR) is 70.1 cm³/mol. The molecule has 0 saturated heterocycles. The summed E-state index contributed by atoms with van der Waals surface area (Å²) in [5.41, 5.74) is 0.964. The lowest BCUT2D eigenvalue weighted by atomic mass is 10.2. The Hall–Kier alpha value is -1.62. The summed E-state index contributed by atoms with van der Waals surface area (Å²) >= 11 is 0. The van der Waals surface area contributed by atoms with E-state index in [-0.39, 0.29) is 5.75 Å². The van der Waals surface area contributed by atoms with Gasteiger partial charge in [0, 0.05) is 18.9 Å². The minimum Gasteiger partial charge on any atom is -0.337 e. The quantitative estimate of drug-likeness (QED) is 0.830. The molecule has 4 nitrogen and oxygen atoms in total. The van der Waals surface area contributed by atoms with Gasteiger partial charge in [-0.1, -0.05) is 12.1 Å². The van der Waals surface area contributed by atoms with Gasteiger partial charge >= 0.3 is 0 Å². The van der Waals surface area contributed by atoms with Gasteiger partial charge in [-0.2, -0.15) is 0 Å². The number of imidazole rings is 1. The van der Waals surface area contributed by atoms with Crippen LogP contribution in [-0.4, -0.2) is 23.7 Å². The highest BCUT2D eigenvalue weighted by molar-refractivity contribution is 7.91. The van der Waals surface area contributed by atoms with E-state index >= 15 is 0 Å². The Kier molecular flexibility index (Phi) is 3.81. The highest BCUT2D eigenvalue weighted by Crippen LogP contribution is 2.13. The summed E-state index contributed by atoms with van der Waals surface area (Å²) < 4.78 is 26.1. The maximum absolute atomic E-state index is 12.1. The van der Waals surface area contributed by atoms with Crippen molar-refractivity contribution in [2.24, 2.45) is 0 Å². The van der Waals surface area contributed by atoms with Crippen LogP contribution in [0.15, 0.2) is 47.9 Å². The predicted octanol–water partition coefficient (Wildman–Crippen LogP) is 2.06. The summed E-state index contributed by atoms with van der Waals surface area (Å²) in [6.07, 6.45) is 5.81. The number of hydrogen-bond donors (Lipinski definition) is 0. The maximum atomic E-state index is 12.1. The molecule has 5 heteroatoms. The molecule has 0 atom stereocenters. The van der Waals surface area contributed by atoms with Gasteiger partial charge in [0.1, 0.15) is 0 Å². The summed E-state index contributed by atoms with van der Waals surface area (Å²) in [7, 11) is -3.17. The van der Waals surface area contributed by atoms with Crippen LogP contribution in [0, 0.1) is 6.92 Å². The number of hydrogen-bond acceptors (Lipinski definition) is 3. The standard InChI is InChI=1S/C13H16N2O2S/c1-12-4-2-5-13(10-12)18(16,17)9-3-7-15-8-6-14-11-15/h2,4-6,8,10-11H,3,7,9H2,1H3. The molecule has 2 rings (SSSR count). The molecule has 0 fully saturated rings. The molecule has 0 unspecified atom stereocenters. The van der Waals surface area contributed by atoms with Crippen LogP contribution in [0.1, 0.15) is 12.0 Å². The molecule has 0 N–H and O–H groups in total. The Balaban J connectivity index is 1.99. The van der Waals surface area contributed by atoms with Gasteiger partial charge in [0.15, 0.2) is 9.84 Å². The molecular weight excluding hydrogens is 248 g/mol. The second-order valence-electron chi connectivity index (χ2n) is 4.29. The second kappa shape index (κ2) is 5.35. The molecule has 18 heavy (non-hydrogen) atoms. The molecule has 2 aromatic rings. The number of aryl methyl sites for hydroxylation is 2. The molecule has 0 aliphatic heterocycles. The number of benzene rings is 1. The molecule has 0 spiro atoms. The van der Waals surface area contributed by atoms with Crippen LogP contribution in [0.3, 0.4) is 0 Å². The van der Waals surface area contributed by atoms with Crippen molar-refractivity contribution < 1.29 is 8.42 Å². The third-order valence-electron chi connectivity index (χ3n) is 2.74. The van der Waals surface area contributed by atoms with Crippen molar-refractivity contribution in [2.75, 3.05) is 5.75 Å². The molecule has 0 saturated carbocycles. The minimum absolute atomic E-state index is 0.161. The molecule has 0 radical (unpaired) electrons. The second-order valence-corrected chi connectivity index (χ2v) is 6.40. The van der Waals surface area contributed by atoms with Crippen LogP contribution in [0.4, 0.5) is 0 Å². The van der Waals surface area contributed by atoms with E-state index < -0.39 is 9.84 Å². The Labute approximate surface area is 107 Å². The van der Waals surface area contributed by atoms with Crippen molar-refractivity contribution in [2.45, 2.75) is 24.8 Å². The normalized spacial score (nSPS) is 11.6. The number of aromatic nitrogens is 2. The van der Waals surface area contributed by atoms with Crippen molar-refractivity contribution in [3.63, 3.8) is 0 Å². The van der Waals surface area contributed by atoms with Crippen molar-refractivity contribution >= 4 is 9.84 Å². The third kappa shape index (κ3) is 3.20. The fourth-order valence-corrected chi connectivity index (χ4v) is 3.18.